The van der Waals surface area contributed by atoms with E-state index in [0.29, 0.717) is 5.75 Å². The van der Waals surface area contributed by atoms with Crippen LogP contribution in [0.5, 0.6) is 5.75 Å². The molecule has 0 aliphatic heterocycles. The van der Waals surface area contributed by atoms with Gasteiger partial charge in [-0.2, -0.15) is 0 Å². The molecule has 1 rings (SSSR count). The van der Waals surface area contributed by atoms with Crippen molar-refractivity contribution in [2.45, 2.75) is 6.42 Å². The zero-order valence-corrected chi connectivity index (χ0v) is 9.84. The number of aliphatic hydroxyl groups is 1. The summed E-state index contributed by atoms with van der Waals surface area (Å²) in [5.41, 5.74) is 0. The molecule has 0 unspecified atom stereocenters. The average molecular weight is 262 g/mol. The maximum atomic E-state index is 12.7. The second-order valence-corrected chi connectivity index (χ2v) is 3.65. The summed E-state index contributed by atoms with van der Waals surface area (Å²) in [4.78, 5) is 11.1. The third-order valence-electron chi connectivity index (χ3n) is 1.91. The lowest BCUT2D eigenvalue weighted by Gasteiger charge is -2.08. The Kier molecular flexibility index (Phi) is 5.72. The molecule has 17 heavy (non-hydrogen) atoms. The van der Waals surface area contributed by atoms with Gasteiger partial charge in [0, 0.05) is 6.54 Å². The summed E-state index contributed by atoms with van der Waals surface area (Å²) in [5.74, 6) is -0.330. The number of halogens is 2. The van der Waals surface area contributed by atoms with Crippen LogP contribution in [-0.4, -0.2) is 30.8 Å². The first-order valence-corrected chi connectivity index (χ1v) is 5.46. The highest BCUT2D eigenvalue weighted by Gasteiger charge is 2.05. The summed E-state index contributed by atoms with van der Waals surface area (Å²) in [6.45, 7) is 0.259. The van der Waals surface area contributed by atoms with Gasteiger partial charge in [-0.1, -0.05) is 11.6 Å². The quantitative estimate of drug-likeness (QED) is 0.813. The van der Waals surface area contributed by atoms with Gasteiger partial charge in [-0.05, 0) is 18.2 Å². The van der Waals surface area contributed by atoms with Crippen molar-refractivity contribution in [1.82, 2.24) is 5.32 Å². The molecular formula is C11H13ClFNO3. The standard InChI is InChI=1S/C11H13ClFNO3/c12-9-7-8(13)1-2-10(9)17-6-3-11(16)14-4-5-15/h1-2,7,15H,3-6H2,(H,14,16). The molecule has 4 nitrogen and oxygen atoms in total. The third kappa shape index (κ3) is 5.01. The molecule has 0 aliphatic rings. The van der Waals surface area contributed by atoms with Crippen LogP contribution < -0.4 is 10.1 Å². The van der Waals surface area contributed by atoms with Gasteiger partial charge in [-0.3, -0.25) is 4.79 Å². The van der Waals surface area contributed by atoms with E-state index >= 15 is 0 Å². The summed E-state index contributed by atoms with van der Waals surface area (Å²) in [5, 5.41) is 11.1. The summed E-state index contributed by atoms with van der Waals surface area (Å²) < 4.78 is 17.9. The number of nitrogens with one attached hydrogen (secondary N) is 1. The van der Waals surface area contributed by atoms with Gasteiger partial charge in [0.1, 0.15) is 11.6 Å². The SMILES string of the molecule is O=C(CCOc1ccc(F)cc1Cl)NCCO. The smallest absolute Gasteiger partial charge is 0.223 e. The fraction of sp³-hybridized carbons (Fsp3) is 0.364. The van der Waals surface area contributed by atoms with Crippen LogP contribution in [0, 0.1) is 5.82 Å². The minimum absolute atomic E-state index is 0.101. The van der Waals surface area contributed by atoms with Crippen molar-refractivity contribution >= 4 is 17.5 Å². The Morgan fingerprint density at radius 3 is 2.94 bits per heavy atom. The first-order valence-electron chi connectivity index (χ1n) is 5.09. The first-order chi connectivity index (χ1) is 8.13. The van der Waals surface area contributed by atoms with Crippen molar-refractivity contribution in [1.29, 1.82) is 0 Å². The summed E-state index contributed by atoms with van der Waals surface area (Å²) >= 11 is 5.73. The Morgan fingerprint density at radius 1 is 1.53 bits per heavy atom. The molecule has 0 bridgehead atoms. The number of hydrogen-bond acceptors (Lipinski definition) is 3. The molecule has 94 valence electrons. The van der Waals surface area contributed by atoms with Crippen LogP contribution in [0.15, 0.2) is 18.2 Å². The van der Waals surface area contributed by atoms with Gasteiger partial charge in [0.15, 0.2) is 0 Å². The van der Waals surface area contributed by atoms with Crippen molar-refractivity contribution in [2.75, 3.05) is 19.8 Å². The Hall–Kier alpha value is -1.33. The molecule has 1 aromatic rings. The largest absolute Gasteiger partial charge is 0.491 e. The van der Waals surface area contributed by atoms with Crippen LogP contribution in [0.4, 0.5) is 4.39 Å². The Balaban J connectivity index is 2.33. The number of ether oxygens (including phenoxy) is 1. The van der Waals surface area contributed by atoms with Crippen molar-refractivity contribution in [3.63, 3.8) is 0 Å². The van der Waals surface area contributed by atoms with Crippen LogP contribution in [-0.2, 0) is 4.79 Å². The number of rotatable bonds is 6. The number of carbonyl (C=O) groups is 1. The number of benzene rings is 1. The predicted octanol–water partition coefficient (Wildman–Crippen LogP) is 1.36. The Labute approximate surface area is 103 Å². The van der Waals surface area contributed by atoms with Gasteiger partial charge in [0.2, 0.25) is 5.91 Å². The highest BCUT2D eigenvalue weighted by molar-refractivity contribution is 6.32. The van der Waals surface area contributed by atoms with E-state index in [0.717, 1.165) is 6.07 Å². The van der Waals surface area contributed by atoms with Crippen molar-refractivity contribution < 1.29 is 19.0 Å². The van der Waals surface area contributed by atoms with E-state index in [2.05, 4.69) is 5.32 Å². The zero-order valence-electron chi connectivity index (χ0n) is 9.08. The van der Waals surface area contributed by atoms with E-state index in [1.807, 2.05) is 0 Å². The van der Waals surface area contributed by atoms with E-state index in [1.54, 1.807) is 0 Å². The fourth-order valence-electron chi connectivity index (χ4n) is 1.13. The minimum atomic E-state index is -0.442. The van der Waals surface area contributed by atoms with Crippen LogP contribution >= 0.6 is 11.6 Å². The van der Waals surface area contributed by atoms with E-state index < -0.39 is 5.82 Å². The Morgan fingerprint density at radius 2 is 2.29 bits per heavy atom. The summed E-state index contributed by atoms with van der Waals surface area (Å²) in [6, 6.07) is 3.78. The molecule has 1 amide bonds. The van der Waals surface area contributed by atoms with Crippen molar-refractivity contribution in [3.05, 3.63) is 29.0 Å². The maximum absolute atomic E-state index is 12.7. The van der Waals surface area contributed by atoms with Crippen LogP contribution in [0.1, 0.15) is 6.42 Å². The van der Waals surface area contributed by atoms with Gasteiger partial charge in [0.25, 0.3) is 0 Å². The lowest BCUT2D eigenvalue weighted by molar-refractivity contribution is -0.121. The van der Waals surface area contributed by atoms with Crippen molar-refractivity contribution in [3.8, 4) is 5.75 Å². The highest BCUT2D eigenvalue weighted by Crippen LogP contribution is 2.24. The normalized spacial score (nSPS) is 10.1. The van der Waals surface area contributed by atoms with E-state index in [1.165, 1.54) is 12.1 Å². The number of carbonyl (C=O) groups excluding carboxylic acids is 1. The first kappa shape index (κ1) is 13.7. The summed E-state index contributed by atoms with van der Waals surface area (Å²) in [7, 11) is 0. The molecule has 0 saturated carbocycles. The van der Waals surface area contributed by atoms with Gasteiger partial charge in [-0.25, -0.2) is 4.39 Å². The lowest BCUT2D eigenvalue weighted by atomic mass is 10.3. The van der Waals surface area contributed by atoms with Crippen molar-refractivity contribution in [2.24, 2.45) is 0 Å². The third-order valence-corrected chi connectivity index (χ3v) is 2.21. The zero-order chi connectivity index (χ0) is 12.7. The number of hydrogen-bond donors (Lipinski definition) is 2. The predicted molar refractivity (Wildman–Crippen MR) is 61.6 cm³/mol. The molecule has 0 aliphatic carbocycles. The van der Waals surface area contributed by atoms with E-state index in [4.69, 9.17) is 21.4 Å². The van der Waals surface area contributed by atoms with Crippen LogP contribution in [0.2, 0.25) is 5.02 Å². The molecule has 6 heteroatoms. The Bertz CT molecular complexity index is 387. The molecule has 1 aromatic carbocycles. The fourth-order valence-corrected chi connectivity index (χ4v) is 1.35. The molecule has 0 fully saturated rings. The number of aliphatic hydroxyl groups excluding tert-OH is 1. The molecule has 0 radical (unpaired) electrons. The molecule has 0 atom stereocenters. The minimum Gasteiger partial charge on any atom is -0.491 e. The van der Waals surface area contributed by atoms with Gasteiger partial charge < -0.3 is 15.2 Å². The molecular weight excluding hydrogens is 249 g/mol. The monoisotopic (exact) mass is 261 g/mol. The topological polar surface area (TPSA) is 58.6 Å². The van der Waals surface area contributed by atoms with Gasteiger partial charge >= 0.3 is 0 Å². The van der Waals surface area contributed by atoms with Crippen LogP contribution in [0.25, 0.3) is 0 Å². The van der Waals surface area contributed by atoms with E-state index in [-0.39, 0.29) is 37.1 Å². The van der Waals surface area contributed by atoms with E-state index in [9.17, 15) is 9.18 Å². The second-order valence-electron chi connectivity index (χ2n) is 3.25. The second kappa shape index (κ2) is 7.09. The van der Waals surface area contributed by atoms with Crippen LogP contribution in [0.3, 0.4) is 0 Å². The molecule has 0 aromatic heterocycles. The molecule has 0 spiro atoms. The highest BCUT2D eigenvalue weighted by atomic mass is 35.5. The molecule has 0 heterocycles. The van der Waals surface area contributed by atoms with Gasteiger partial charge in [0.05, 0.1) is 24.7 Å². The summed E-state index contributed by atoms with van der Waals surface area (Å²) in [6.07, 6.45) is 0.147. The average Bonchev–Trinajstić information content (AvgIpc) is 2.29. The van der Waals surface area contributed by atoms with Gasteiger partial charge in [-0.15, -0.1) is 0 Å². The molecule has 0 saturated heterocycles. The molecule has 2 N–H and O–H groups in total. The maximum Gasteiger partial charge on any atom is 0.223 e. The number of amides is 1. The lowest BCUT2D eigenvalue weighted by Crippen LogP contribution is -2.27.